The van der Waals surface area contributed by atoms with Gasteiger partial charge in [0.05, 0.1) is 43.6 Å². The van der Waals surface area contributed by atoms with Crippen LogP contribution in [0.15, 0.2) is 51.6 Å². The third kappa shape index (κ3) is 5.63. The number of amides is 1. The number of nitrogens with zero attached hydrogens (tertiary/aromatic N) is 3. The number of esters is 1. The number of carbonyl (C=O) groups excluding carboxylic acids is 2. The Kier molecular flexibility index (Phi) is 8.30. The van der Waals surface area contributed by atoms with Crippen LogP contribution in [0.5, 0.6) is 0 Å². The summed E-state index contributed by atoms with van der Waals surface area (Å²) in [5, 5.41) is 2.73. The van der Waals surface area contributed by atoms with E-state index in [2.05, 4.69) is 38.1 Å². The van der Waals surface area contributed by atoms with E-state index in [-0.39, 0.29) is 18.9 Å². The number of fused-ring (bicyclic) bond motifs is 1. The zero-order valence-corrected chi connectivity index (χ0v) is 21.6. The lowest BCUT2D eigenvalue weighted by molar-refractivity contribution is -0.141. The van der Waals surface area contributed by atoms with Gasteiger partial charge < -0.3 is 24.0 Å². The highest BCUT2D eigenvalue weighted by molar-refractivity contribution is 8.16. The fourth-order valence-electron chi connectivity index (χ4n) is 4.38. The summed E-state index contributed by atoms with van der Waals surface area (Å²) in [7, 11) is 1.57. The standard InChI is InChI=1S/C26H33N3O5S/c1-17(2)19-5-7-20(8-6-19)24-23(25(31)34-14-13-32-4)18(3)27-26-29(24)21(16-35-26)15-22(30)28-9-11-33-12-10-28/h5-8,16-17,24H,9-15H2,1-4H3/t24-/m0/s1. The highest BCUT2D eigenvalue weighted by Gasteiger charge is 2.41. The first kappa shape index (κ1) is 25.5. The number of benzene rings is 1. The van der Waals surface area contributed by atoms with Crippen LogP contribution in [0.25, 0.3) is 0 Å². The van der Waals surface area contributed by atoms with Crippen molar-refractivity contribution in [1.29, 1.82) is 0 Å². The molecule has 8 nitrogen and oxygen atoms in total. The molecule has 3 aliphatic rings. The van der Waals surface area contributed by atoms with Gasteiger partial charge in [0.25, 0.3) is 0 Å². The van der Waals surface area contributed by atoms with Crippen LogP contribution in [0.1, 0.15) is 50.3 Å². The Morgan fingerprint density at radius 1 is 1.17 bits per heavy atom. The van der Waals surface area contributed by atoms with Crippen molar-refractivity contribution < 1.29 is 23.8 Å². The molecule has 1 saturated heterocycles. The third-order valence-corrected chi connectivity index (χ3v) is 7.24. The van der Waals surface area contributed by atoms with Crippen molar-refractivity contribution in [2.75, 3.05) is 46.6 Å². The van der Waals surface area contributed by atoms with Crippen LogP contribution in [0, 0.1) is 0 Å². The van der Waals surface area contributed by atoms with Gasteiger partial charge in [0, 0.05) is 25.9 Å². The van der Waals surface area contributed by atoms with E-state index in [0.29, 0.717) is 50.1 Å². The van der Waals surface area contributed by atoms with Crippen molar-refractivity contribution in [3.05, 3.63) is 57.8 Å². The van der Waals surface area contributed by atoms with Crippen LogP contribution in [-0.2, 0) is 23.8 Å². The van der Waals surface area contributed by atoms with Crippen LogP contribution in [-0.4, -0.2) is 73.5 Å². The Bertz CT molecular complexity index is 1040. The highest BCUT2D eigenvalue weighted by Crippen LogP contribution is 2.45. The Hall–Kier alpha value is -2.62. The highest BCUT2D eigenvalue weighted by atomic mass is 32.2. The molecule has 0 unspecified atom stereocenters. The molecule has 0 spiro atoms. The molecule has 1 amide bonds. The van der Waals surface area contributed by atoms with Crippen molar-refractivity contribution in [2.24, 2.45) is 4.99 Å². The number of hydrogen-bond acceptors (Lipinski definition) is 8. The van der Waals surface area contributed by atoms with Crippen LogP contribution < -0.4 is 0 Å². The predicted molar refractivity (Wildman–Crippen MR) is 136 cm³/mol. The number of aliphatic imine (C=N–C) groups is 1. The Morgan fingerprint density at radius 2 is 1.89 bits per heavy atom. The van der Waals surface area contributed by atoms with Crippen molar-refractivity contribution in [1.82, 2.24) is 9.80 Å². The molecule has 0 aromatic heterocycles. The van der Waals surface area contributed by atoms with Gasteiger partial charge in [-0.25, -0.2) is 9.79 Å². The van der Waals surface area contributed by atoms with E-state index in [0.717, 1.165) is 16.4 Å². The van der Waals surface area contributed by atoms with Crippen LogP contribution in [0.4, 0.5) is 0 Å². The van der Waals surface area contributed by atoms with E-state index in [9.17, 15) is 9.59 Å². The second kappa shape index (κ2) is 11.4. The zero-order valence-electron chi connectivity index (χ0n) is 20.8. The zero-order chi connectivity index (χ0) is 24.9. The maximum absolute atomic E-state index is 13.3. The SMILES string of the molecule is COCCOC(=O)C1=C(C)N=C2SC=C(CC(=O)N3CCOCC3)N2[C@H]1c1ccc(C(C)C)cc1. The Labute approximate surface area is 211 Å². The summed E-state index contributed by atoms with van der Waals surface area (Å²) in [6, 6.07) is 7.88. The Balaban J connectivity index is 1.67. The summed E-state index contributed by atoms with van der Waals surface area (Å²) in [4.78, 5) is 34.9. The molecule has 1 atom stereocenters. The molecule has 0 aliphatic carbocycles. The first-order chi connectivity index (χ1) is 16.9. The molecular formula is C26H33N3O5S. The predicted octanol–water partition coefficient (Wildman–Crippen LogP) is 3.82. The third-order valence-electron chi connectivity index (χ3n) is 6.36. The van der Waals surface area contributed by atoms with Crippen LogP contribution in [0.2, 0.25) is 0 Å². The molecule has 0 saturated carbocycles. The summed E-state index contributed by atoms with van der Waals surface area (Å²) in [6.07, 6.45) is 0.234. The summed E-state index contributed by atoms with van der Waals surface area (Å²) >= 11 is 1.48. The van der Waals surface area contributed by atoms with Gasteiger partial charge >= 0.3 is 5.97 Å². The fourth-order valence-corrected chi connectivity index (χ4v) is 5.35. The number of amidine groups is 1. The smallest absolute Gasteiger partial charge is 0.338 e. The van der Waals surface area contributed by atoms with Gasteiger partial charge in [-0.3, -0.25) is 4.79 Å². The van der Waals surface area contributed by atoms with E-state index in [1.807, 2.05) is 22.1 Å². The molecule has 3 aliphatic heterocycles. The number of morpholine rings is 1. The number of rotatable bonds is 8. The van der Waals surface area contributed by atoms with Gasteiger partial charge in [-0.15, -0.1) is 0 Å². The molecule has 1 aromatic rings. The molecule has 0 N–H and O–H groups in total. The van der Waals surface area contributed by atoms with E-state index >= 15 is 0 Å². The lowest BCUT2D eigenvalue weighted by atomic mass is 9.92. The average molecular weight is 500 g/mol. The first-order valence-electron chi connectivity index (χ1n) is 12.0. The maximum atomic E-state index is 13.3. The summed E-state index contributed by atoms with van der Waals surface area (Å²) in [5.41, 5.74) is 4.11. The normalized spacial score (nSPS) is 20.1. The molecule has 188 valence electrons. The molecule has 9 heteroatoms. The van der Waals surface area contributed by atoms with E-state index in [1.54, 1.807) is 7.11 Å². The van der Waals surface area contributed by atoms with Gasteiger partial charge in [-0.1, -0.05) is 49.9 Å². The maximum Gasteiger partial charge on any atom is 0.338 e. The molecule has 3 heterocycles. The van der Waals surface area contributed by atoms with Crippen molar-refractivity contribution in [3.8, 4) is 0 Å². The van der Waals surface area contributed by atoms with Gasteiger partial charge in [-0.05, 0) is 29.4 Å². The van der Waals surface area contributed by atoms with Crippen LogP contribution in [0.3, 0.4) is 0 Å². The summed E-state index contributed by atoms with van der Waals surface area (Å²) in [5.74, 6) is 0.0223. The van der Waals surface area contributed by atoms with Gasteiger partial charge in [0.2, 0.25) is 5.91 Å². The summed E-state index contributed by atoms with van der Waals surface area (Å²) in [6.45, 7) is 8.92. The average Bonchev–Trinajstić information content (AvgIpc) is 3.25. The van der Waals surface area contributed by atoms with Crippen molar-refractivity contribution in [3.63, 3.8) is 0 Å². The minimum atomic E-state index is -0.433. The molecular weight excluding hydrogens is 466 g/mol. The van der Waals surface area contributed by atoms with Gasteiger partial charge in [0.1, 0.15) is 6.61 Å². The number of hydrogen-bond donors (Lipinski definition) is 0. The number of carbonyl (C=O) groups is 2. The minimum absolute atomic E-state index is 0.0470. The van der Waals surface area contributed by atoms with Crippen LogP contribution >= 0.6 is 11.8 Å². The fraction of sp³-hybridized carbons (Fsp3) is 0.500. The van der Waals surface area contributed by atoms with Gasteiger partial charge in [-0.2, -0.15) is 0 Å². The number of methoxy groups -OCH3 is 1. The molecule has 35 heavy (non-hydrogen) atoms. The van der Waals surface area contributed by atoms with Crippen molar-refractivity contribution in [2.45, 2.75) is 39.2 Å². The molecule has 4 rings (SSSR count). The quantitative estimate of drug-likeness (QED) is 0.397. The largest absolute Gasteiger partial charge is 0.460 e. The monoisotopic (exact) mass is 499 g/mol. The van der Waals surface area contributed by atoms with E-state index < -0.39 is 12.0 Å². The first-order valence-corrected chi connectivity index (χ1v) is 12.8. The van der Waals surface area contributed by atoms with Crippen molar-refractivity contribution >= 4 is 28.8 Å². The molecule has 1 aromatic carbocycles. The number of ether oxygens (including phenoxy) is 3. The second-order valence-electron chi connectivity index (χ2n) is 9.01. The number of allylic oxidation sites excluding steroid dienone is 1. The lowest BCUT2D eigenvalue weighted by Gasteiger charge is -2.37. The van der Waals surface area contributed by atoms with E-state index in [4.69, 9.17) is 19.2 Å². The molecule has 0 radical (unpaired) electrons. The lowest BCUT2D eigenvalue weighted by Crippen LogP contribution is -2.42. The minimum Gasteiger partial charge on any atom is -0.460 e. The van der Waals surface area contributed by atoms with Gasteiger partial charge in [0.15, 0.2) is 5.17 Å². The summed E-state index contributed by atoms with van der Waals surface area (Å²) < 4.78 is 16.0. The second-order valence-corrected chi connectivity index (χ2v) is 9.85. The van der Waals surface area contributed by atoms with E-state index in [1.165, 1.54) is 17.3 Å². The molecule has 0 bridgehead atoms. The Morgan fingerprint density at radius 3 is 2.54 bits per heavy atom. The molecule has 1 fully saturated rings. The number of thioether (sulfide) groups is 1. The topological polar surface area (TPSA) is 80.7 Å².